The molecule has 0 radical (unpaired) electrons. The van der Waals surface area contributed by atoms with Crippen molar-refractivity contribution in [2.45, 2.75) is 33.1 Å². The summed E-state index contributed by atoms with van der Waals surface area (Å²) in [6.07, 6.45) is -3.99. The highest BCUT2D eigenvalue weighted by Crippen LogP contribution is 2.33. The molecule has 0 bridgehead atoms. The number of hydrogen-bond acceptors (Lipinski definition) is 4. The highest BCUT2D eigenvalue weighted by Gasteiger charge is 2.30. The van der Waals surface area contributed by atoms with Gasteiger partial charge < -0.3 is 4.74 Å². The summed E-state index contributed by atoms with van der Waals surface area (Å²) < 4.78 is 43.9. The van der Waals surface area contributed by atoms with E-state index in [4.69, 9.17) is 10.00 Å². The van der Waals surface area contributed by atoms with Gasteiger partial charge in [-0.05, 0) is 49.2 Å². The Bertz CT molecular complexity index is 1020. The molecule has 0 atom stereocenters. The summed E-state index contributed by atoms with van der Waals surface area (Å²) in [5.41, 5.74) is 2.71. The van der Waals surface area contributed by atoms with Crippen LogP contribution in [0.2, 0.25) is 0 Å². The van der Waals surface area contributed by atoms with Gasteiger partial charge in [-0.25, -0.2) is 4.98 Å². The Hall–Kier alpha value is -2.85. The summed E-state index contributed by atoms with van der Waals surface area (Å²) in [6.45, 7) is 4.10. The van der Waals surface area contributed by atoms with Crippen molar-refractivity contribution in [3.05, 3.63) is 69.7 Å². The number of nitrogens with zero attached hydrogens (tertiary/aromatic N) is 2. The van der Waals surface area contributed by atoms with Gasteiger partial charge in [0.1, 0.15) is 17.4 Å². The molecule has 0 spiro atoms. The molecular formula is C21H17F3N2OS. The molecule has 3 aromatic rings. The number of aromatic nitrogens is 1. The van der Waals surface area contributed by atoms with E-state index in [-0.39, 0.29) is 0 Å². The SMILES string of the molecule is Cc1cc(OCc2sc(-c3ccc(C(F)(F)F)cc3)nc2C)ccc1CC#N. The van der Waals surface area contributed by atoms with Crippen molar-refractivity contribution in [1.29, 1.82) is 5.26 Å². The lowest BCUT2D eigenvalue weighted by atomic mass is 10.1. The van der Waals surface area contributed by atoms with Gasteiger partial charge in [-0.3, -0.25) is 0 Å². The van der Waals surface area contributed by atoms with E-state index in [0.717, 1.165) is 33.8 Å². The maximum absolute atomic E-state index is 12.7. The van der Waals surface area contributed by atoms with E-state index in [1.807, 2.05) is 32.0 Å². The quantitative estimate of drug-likeness (QED) is 0.519. The third-order valence-electron chi connectivity index (χ3n) is 4.31. The molecule has 2 aromatic carbocycles. The molecule has 28 heavy (non-hydrogen) atoms. The van der Waals surface area contributed by atoms with Crippen molar-refractivity contribution in [3.63, 3.8) is 0 Å². The third kappa shape index (κ3) is 4.52. The predicted molar refractivity (Wildman–Crippen MR) is 102 cm³/mol. The van der Waals surface area contributed by atoms with Crippen LogP contribution in [0.1, 0.15) is 27.3 Å². The normalized spacial score (nSPS) is 11.3. The van der Waals surface area contributed by atoms with E-state index < -0.39 is 11.7 Å². The number of hydrogen-bond donors (Lipinski definition) is 0. The molecule has 1 aromatic heterocycles. The molecule has 0 amide bonds. The first-order valence-electron chi connectivity index (χ1n) is 8.51. The maximum Gasteiger partial charge on any atom is 0.416 e. The van der Waals surface area contributed by atoms with E-state index >= 15 is 0 Å². The largest absolute Gasteiger partial charge is 0.488 e. The van der Waals surface area contributed by atoms with E-state index in [1.165, 1.54) is 23.5 Å². The fourth-order valence-electron chi connectivity index (χ4n) is 2.68. The van der Waals surface area contributed by atoms with E-state index in [1.54, 1.807) is 0 Å². The van der Waals surface area contributed by atoms with Gasteiger partial charge in [-0.1, -0.05) is 18.2 Å². The van der Waals surface area contributed by atoms with E-state index in [2.05, 4.69) is 11.1 Å². The van der Waals surface area contributed by atoms with Gasteiger partial charge in [0.2, 0.25) is 0 Å². The lowest BCUT2D eigenvalue weighted by Crippen LogP contribution is -2.03. The summed E-state index contributed by atoms with van der Waals surface area (Å²) in [6, 6.07) is 12.7. The number of alkyl halides is 3. The van der Waals surface area contributed by atoms with Gasteiger partial charge in [0.15, 0.2) is 0 Å². The highest BCUT2D eigenvalue weighted by molar-refractivity contribution is 7.15. The average molecular weight is 402 g/mol. The van der Waals surface area contributed by atoms with Crippen molar-refractivity contribution >= 4 is 11.3 Å². The first kappa shape index (κ1) is 19.9. The van der Waals surface area contributed by atoms with Crippen LogP contribution in [-0.2, 0) is 19.2 Å². The molecule has 0 fully saturated rings. The molecule has 3 nitrogen and oxygen atoms in total. The van der Waals surface area contributed by atoms with E-state index in [0.29, 0.717) is 29.3 Å². The molecule has 3 rings (SSSR count). The van der Waals surface area contributed by atoms with Crippen LogP contribution in [0.4, 0.5) is 13.2 Å². The first-order chi connectivity index (χ1) is 13.3. The van der Waals surface area contributed by atoms with Gasteiger partial charge in [0.25, 0.3) is 0 Å². The topological polar surface area (TPSA) is 45.9 Å². The second-order valence-electron chi connectivity index (χ2n) is 6.31. The number of nitriles is 1. The third-order valence-corrected chi connectivity index (χ3v) is 5.49. The van der Waals surface area contributed by atoms with Gasteiger partial charge >= 0.3 is 6.18 Å². The number of aryl methyl sites for hydroxylation is 2. The van der Waals surface area contributed by atoms with Crippen molar-refractivity contribution in [3.8, 4) is 22.4 Å². The Morgan fingerprint density at radius 1 is 1.11 bits per heavy atom. The van der Waals surface area contributed by atoms with Crippen molar-refractivity contribution in [2.75, 3.05) is 0 Å². The monoisotopic (exact) mass is 402 g/mol. The molecule has 0 unspecified atom stereocenters. The van der Waals surface area contributed by atoms with Crippen molar-refractivity contribution in [2.24, 2.45) is 0 Å². The molecular weight excluding hydrogens is 385 g/mol. The molecule has 0 saturated heterocycles. The number of rotatable bonds is 5. The van der Waals surface area contributed by atoms with Crippen molar-refractivity contribution < 1.29 is 17.9 Å². The van der Waals surface area contributed by atoms with Crippen LogP contribution in [-0.4, -0.2) is 4.98 Å². The molecule has 0 saturated carbocycles. The van der Waals surface area contributed by atoms with Crippen LogP contribution in [0.5, 0.6) is 5.75 Å². The average Bonchev–Trinajstić information content (AvgIpc) is 3.02. The van der Waals surface area contributed by atoms with E-state index in [9.17, 15) is 13.2 Å². The molecule has 7 heteroatoms. The standard InChI is InChI=1S/C21H17F3N2OS/c1-13-11-18(8-5-15(13)9-10-25)27-12-19-14(2)26-20(28-19)16-3-6-17(7-4-16)21(22,23)24/h3-8,11H,9,12H2,1-2H3. The fourth-order valence-corrected chi connectivity index (χ4v) is 3.66. The summed E-state index contributed by atoms with van der Waals surface area (Å²) in [5, 5.41) is 9.46. The highest BCUT2D eigenvalue weighted by atomic mass is 32.1. The Balaban J connectivity index is 1.72. The zero-order chi connectivity index (χ0) is 20.3. The molecule has 0 aliphatic rings. The van der Waals surface area contributed by atoms with Crippen molar-refractivity contribution in [1.82, 2.24) is 4.98 Å². The lowest BCUT2D eigenvalue weighted by molar-refractivity contribution is -0.137. The zero-order valence-corrected chi connectivity index (χ0v) is 16.1. The fraction of sp³-hybridized carbons (Fsp3) is 0.238. The Kier molecular flexibility index (Phi) is 5.71. The Morgan fingerprint density at radius 3 is 2.43 bits per heavy atom. The number of halogens is 3. The van der Waals surface area contributed by atoms with Crippen LogP contribution >= 0.6 is 11.3 Å². The van der Waals surface area contributed by atoms with Gasteiger partial charge in [-0.15, -0.1) is 11.3 Å². The van der Waals surface area contributed by atoms with Gasteiger partial charge in [0.05, 0.1) is 28.6 Å². The summed E-state index contributed by atoms with van der Waals surface area (Å²) in [5.74, 6) is 0.697. The number of thiazole rings is 1. The number of ether oxygens (including phenoxy) is 1. The lowest BCUT2D eigenvalue weighted by Gasteiger charge is -2.08. The summed E-state index contributed by atoms with van der Waals surface area (Å²) >= 11 is 1.40. The zero-order valence-electron chi connectivity index (χ0n) is 15.3. The molecule has 0 aliphatic heterocycles. The molecule has 0 N–H and O–H groups in total. The van der Waals surface area contributed by atoms with Crippen LogP contribution < -0.4 is 4.74 Å². The van der Waals surface area contributed by atoms with Crippen LogP contribution in [0.3, 0.4) is 0 Å². The molecule has 144 valence electrons. The number of benzene rings is 2. The summed E-state index contributed by atoms with van der Waals surface area (Å²) in [7, 11) is 0. The minimum Gasteiger partial charge on any atom is -0.488 e. The Labute approximate surface area is 165 Å². The predicted octanol–water partition coefficient (Wildman–Crippen LogP) is 6.09. The minimum atomic E-state index is -4.35. The molecule has 0 aliphatic carbocycles. The first-order valence-corrected chi connectivity index (χ1v) is 9.33. The van der Waals surface area contributed by atoms with Gasteiger partial charge in [0, 0.05) is 5.56 Å². The van der Waals surface area contributed by atoms with Crippen LogP contribution in [0.15, 0.2) is 42.5 Å². The van der Waals surface area contributed by atoms with Crippen LogP contribution in [0.25, 0.3) is 10.6 Å². The minimum absolute atomic E-state index is 0.321. The Morgan fingerprint density at radius 2 is 1.82 bits per heavy atom. The summed E-state index contributed by atoms with van der Waals surface area (Å²) in [4.78, 5) is 5.37. The maximum atomic E-state index is 12.7. The second kappa shape index (κ2) is 8.03. The smallest absolute Gasteiger partial charge is 0.416 e. The molecule has 1 heterocycles. The second-order valence-corrected chi connectivity index (χ2v) is 7.40. The van der Waals surface area contributed by atoms with Crippen LogP contribution in [0, 0.1) is 25.2 Å². The van der Waals surface area contributed by atoms with Gasteiger partial charge in [-0.2, -0.15) is 18.4 Å².